The van der Waals surface area contributed by atoms with Crippen LogP contribution in [0.1, 0.15) is 11.1 Å². The molecule has 3 rings (SSSR count). The van der Waals surface area contributed by atoms with Gasteiger partial charge in [0.25, 0.3) is 0 Å². The summed E-state index contributed by atoms with van der Waals surface area (Å²) in [4.78, 5) is 12.4. The van der Waals surface area contributed by atoms with Gasteiger partial charge in [-0.1, -0.05) is 59.6 Å². The zero-order valence-corrected chi connectivity index (χ0v) is 19.1. The number of hydrogen-bond donors (Lipinski definition) is 1. The molecular formula is C22H17Cl2F3N2O3S. The first-order valence-electron chi connectivity index (χ1n) is 9.43. The molecule has 3 aromatic carbocycles. The predicted molar refractivity (Wildman–Crippen MR) is 121 cm³/mol. The van der Waals surface area contributed by atoms with Crippen molar-refractivity contribution in [3.8, 4) is 0 Å². The number of benzene rings is 3. The van der Waals surface area contributed by atoms with Gasteiger partial charge in [-0.3, -0.25) is 4.79 Å². The minimum Gasteiger partial charge on any atom is -0.325 e. The first-order valence-corrected chi connectivity index (χ1v) is 11.6. The number of nitrogens with one attached hydrogen (secondary N) is 1. The Morgan fingerprint density at radius 3 is 2.30 bits per heavy atom. The highest BCUT2D eigenvalue weighted by atomic mass is 35.5. The van der Waals surface area contributed by atoms with Gasteiger partial charge in [0.1, 0.15) is 4.90 Å². The lowest BCUT2D eigenvalue weighted by Crippen LogP contribution is -2.37. The molecule has 0 spiro atoms. The Kier molecular flexibility index (Phi) is 7.69. The summed E-state index contributed by atoms with van der Waals surface area (Å²) < 4.78 is 66.4. The van der Waals surface area contributed by atoms with Crippen LogP contribution in [0.5, 0.6) is 0 Å². The van der Waals surface area contributed by atoms with Crippen molar-refractivity contribution in [1.29, 1.82) is 0 Å². The van der Waals surface area contributed by atoms with E-state index in [4.69, 9.17) is 23.2 Å². The van der Waals surface area contributed by atoms with Crippen LogP contribution in [0.4, 0.5) is 18.9 Å². The average molecular weight is 517 g/mol. The molecule has 1 amide bonds. The Labute approximate surface area is 198 Å². The average Bonchev–Trinajstić information content (AvgIpc) is 2.75. The quantitative estimate of drug-likeness (QED) is 0.428. The van der Waals surface area contributed by atoms with E-state index in [1.54, 1.807) is 30.3 Å². The van der Waals surface area contributed by atoms with Gasteiger partial charge in [0.15, 0.2) is 0 Å². The number of alkyl halides is 3. The van der Waals surface area contributed by atoms with Crippen LogP contribution in [0.3, 0.4) is 0 Å². The van der Waals surface area contributed by atoms with E-state index in [1.165, 1.54) is 24.3 Å². The Morgan fingerprint density at radius 1 is 0.939 bits per heavy atom. The van der Waals surface area contributed by atoms with Gasteiger partial charge in [0.05, 0.1) is 17.1 Å². The van der Waals surface area contributed by atoms with Gasteiger partial charge in [-0.15, -0.1) is 0 Å². The molecule has 0 bridgehead atoms. The number of hydrogen-bond acceptors (Lipinski definition) is 3. The Bertz CT molecular complexity index is 1250. The maximum absolute atomic E-state index is 13.3. The maximum atomic E-state index is 13.3. The number of carbonyl (C=O) groups excluding carboxylic acids is 1. The number of halogens is 5. The summed E-state index contributed by atoms with van der Waals surface area (Å²) in [5.41, 5.74) is -0.474. The highest BCUT2D eigenvalue weighted by Gasteiger charge is 2.31. The number of anilines is 1. The Balaban J connectivity index is 1.90. The molecule has 0 aromatic heterocycles. The minimum atomic E-state index is -4.59. The lowest BCUT2D eigenvalue weighted by molar-refractivity contribution is -0.137. The molecule has 0 atom stereocenters. The summed E-state index contributed by atoms with van der Waals surface area (Å²) in [6, 6.07) is 16.5. The third-order valence-electron chi connectivity index (χ3n) is 4.51. The van der Waals surface area contributed by atoms with Crippen LogP contribution in [0.2, 0.25) is 10.0 Å². The van der Waals surface area contributed by atoms with Crippen LogP contribution in [0.15, 0.2) is 77.7 Å². The van der Waals surface area contributed by atoms with E-state index in [-0.39, 0.29) is 27.2 Å². The first-order chi connectivity index (χ1) is 15.5. The van der Waals surface area contributed by atoms with Crippen molar-refractivity contribution >= 4 is 44.8 Å². The molecule has 174 valence electrons. The number of amides is 1. The first kappa shape index (κ1) is 25.0. The van der Waals surface area contributed by atoms with Crippen molar-refractivity contribution in [2.45, 2.75) is 17.6 Å². The lowest BCUT2D eigenvalue weighted by Gasteiger charge is -2.23. The van der Waals surface area contributed by atoms with Crippen molar-refractivity contribution in [1.82, 2.24) is 4.31 Å². The van der Waals surface area contributed by atoms with Gasteiger partial charge < -0.3 is 5.32 Å². The van der Waals surface area contributed by atoms with Gasteiger partial charge in [0, 0.05) is 17.3 Å². The van der Waals surface area contributed by atoms with Crippen LogP contribution in [-0.4, -0.2) is 25.2 Å². The third-order valence-corrected chi connectivity index (χ3v) is 7.01. The summed E-state index contributed by atoms with van der Waals surface area (Å²) >= 11 is 12.0. The molecule has 11 heteroatoms. The molecule has 0 aliphatic heterocycles. The smallest absolute Gasteiger partial charge is 0.325 e. The van der Waals surface area contributed by atoms with Crippen LogP contribution in [0, 0.1) is 0 Å². The molecule has 0 aliphatic rings. The summed E-state index contributed by atoms with van der Waals surface area (Å²) in [6.07, 6.45) is -4.59. The fraction of sp³-hybridized carbons (Fsp3) is 0.136. The second-order valence-corrected chi connectivity index (χ2v) is 9.71. The van der Waals surface area contributed by atoms with E-state index in [9.17, 15) is 26.4 Å². The molecular weight excluding hydrogens is 500 g/mol. The topological polar surface area (TPSA) is 66.5 Å². The Morgan fingerprint density at radius 2 is 1.64 bits per heavy atom. The van der Waals surface area contributed by atoms with Crippen molar-refractivity contribution in [3.05, 3.63) is 94.0 Å². The van der Waals surface area contributed by atoms with Gasteiger partial charge in [-0.2, -0.15) is 17.5 Å². The van der Waals surface area contributed by atoms with Crippen LogP contribution in [0.25, 0.3) is 0 Å². The van der Waals surface area contributed by atoms with Gasteiger partial charge in [-0.05, 0) is 42.0 Å². The molecule has 33 heavy (non-hydrogen) atoms. The van der Waals surface area contributed by atoms with Crippen LogP contribution in [-0.2, 0) is 27.5 Å². The molecule has 1 N–H and O–H groups in total. The fourth-order valence-electron chi connectivity index (χ4n) is 2.96. The largest absolute Gasteiger partial charge is 0.416 e. The molecule has 0 unspecified atom stereocenters. The summed E-state index contributed by atoms with van der Waals surface area (Å²) in [5, 5.41) is 2.36. The molecule has 5 nitrogen and oxygen atoms in total. The van der Waals surface area contributed by atoms with E-state index in [1.807, 2.05) is 0 Å². The molecule has 0 aliphatic carbocycles. The van der Waals surface area contributed by atoms with Crippen LogP contribution < -0.4 is 5.32 Å². The van der Waals surface area contributed by atoms with Crippen LogP contribution >= 0.6 is 23.2 Å². The van der Waals surface area contributed by atoms with E-state index < -0.39 is 34.2 Å². The van der Waals surface area contributed by atoms with E-state index in [2.05, 4.69) is 5.32 Å². The van der Waals surface area contributed by atoms with Crippen molar-refractivity contribution in [2.75, 3.05) is 11.9 Å². The van der Waals surface area contributed by atoms with Gasteiger partial charge in [-0.25, -0.2) is 8.42 Å². The molecule has 0 saturated heterocycles. The zero-order chi connectivity index (χ0) is 24.2. The second-order valence-electron chi connectivity index (χ2n) is 6.96. The van der Waals surface area contributed by atoms with E-state index >= 15 is 0 Å². The maximum Gasteiger partial charge on any atom is 0.416 e. The van der Waals surface area contributed by atoms with Crippen molar-refractivity contribution in [2.24, 2.45) is 0 Å². The van der Waals surface area contributed by atoms with Crippen molar-refractivity contribution in [3.63, 3.8) is 0 Å². The predicted octanol–water partition coefficient (Wildman–Crippen LogP) is 5.84. The highest BCUT2D eigenvalue weighted by molar-refractivity contribution is 7.89. The van der Waals surface area contributed by atoms with E-state index in [0.717, 1.165) is 22.5 Å². The van der Waals surface area contributed by atoms with Gasteiger partial charge >= 0.3 is 6.18 Å². The normalized spacial score (nSPS) is 12.1. The fourth-order valence-corrected chi connectivity index (χ4v) is 5.08. The molecule has 0 fully saturated rings. The monoisotopic (exact) mass is 516 g/mol. The molecule has 0 heterocycles. The molecule has 3 aromatic rings. The summed E-state index contributed by atoms with van der Waals surface area (Å²) in [5.74, 6) is -0.827. The number of sulfonamides is 1. The van der Waals surface area contributed by atoms with E-state index in [0.29, 0.717) is 5.56 Å². The summed E-state index contributed by atoms with van der Waals surface area (Å²) in [6.45, 7) is -0.849. The molecule has 0 saturated carbocycles. The number of nitrogens with zero attached hydrogens (tertiary/aromatic N) is 1. The van der Waals surface area contributed by atoms with Gasteiger partial charge in [0.2, 0.25) is 15.9 Å². The zero-order valence-electron chi connectivity index (χ0n) is 16.8. The second kappa shape index (κ2) is 10.1. The molecule has 0 radical (unpaired) electrons. The number of rotatable bonds is 7. The number of carbonyl (C=O) groups is 1. The SMILES string of the molecule is O=C(CN(Cc1ccccc1)S(=O)(=O)c1cc(Cl)ccc1Cl)Nc1cccc(C(F)(F)F)c1. The van der Waals surface area contributed by atoms with Crippen molar-refractivity contribution < 1.29 is 26.4 Å². The summed E-state index contributed by atoms with van der Waals surface area (Å²) in [7, 11) is -4.30. The third kappa shape index (κ3) is 6.48. The Hall–Kier alpha value is -2.59. The minimum absolute atomic E-state index is 0.0873. The highest BCUT2D eigenvalue weighted by Crippen LogP contribution is 2.31. The standard InChI is InChI=1S/C22H17Cl2F3N2O3S/c23-17-9-10-19(24)20(12-17)33(31,32)29(13-15-5-2-1-3-6-15)14-21(30)28-18-8-4-7-16(11-18)22(25,26)27/h1-12H,13-14H2,(H,28,30). The lowest BCUT2D eigenvalue weighted by atomic mass is 10.2.